The van der Waals surface area contributed by atoms with E-state index in [4.69, 9.17) is 22.1 Å². The highest BCUT2D eigenvalue weighted by Gasteiger charge is 2.18. The van der Waals surface area contributed by atoms with E-state index < -0.39 is 30.2 Å². The van der Waals surface area contributed by atoms with Crippen molar-refractivity contribution in [1.82, 2.24) is 4.90 Å². The Bertz CT molecular complexity index is 875. The molecule has 2 aromatic rings. The van der Waals surface area contributed by atoms with Crippen LogP contribution >= 0.6 is 11.6 Å². The molecule has 27 heavy (non-hydrogen) atoms. The molecule has 2 aromatic carbocycles. The molecule has 2 amide bonds. The van der Waals surface area contributed by atoms with Crippen molar-refractivity contribution in [2.24, 2.45) is 0 Å². The second-order valence-corrected chi connectivity index (χ2v) is 5.99. The number of likely N-dealkylation sites (N-methyl/N-ethyl adjacent to an activating group) is 1. The van der Waals surface area contributed by atoms with E-state index in [2.05, 4.69) is 5.32 Å². The summed E-state index contributed by atoms with van der Waals surface area (Å²) in [6.45, 7) is -0.855. The van der Waals surface area contributed by atoms with Crippen molar-refractivity contribution >= 4 is 40.8 Å². The summed E-state index contributed by atoms with van der Waals surface area (Å²) in [5.74, 6) is -2.52. The van der Waals surface area contributed by atoms with Crippen LogP contribution in [0.25, 0.3) is 0 Å². The third-order valence-corrected chi connectivity index (χ3v) is 3.84. The topological polar surface area (TPSA) is 102 Å². The largest absolute Gasteiger partial charge is 0.452 e. The molecule has 2 rings (SSSR count). The molecule has 7 nitrogen and oxygen atoms in total. The number of carbonyl (C=O) groups is 3. The number of nitrogens with zero attached hydrogens (tertiary/aromatic N) is 1. The Kier molecular flexibility index (Phi) is 6.73. The van der Waals surface area contributed by atoms with Crippen LogP contribution < -0.4 is 11.1 Å². The monoisotopic (exact) mass is 393 g/mol. The number of carbonyl (C=O) groups excluding carboxylic acids is 3. The molecule has 9 heteroatoms. The van der Waals surface area contributed by atoms with Crippen LogP contribution in [0.4, 0.5) is 15.8 Å². The molecule has 3 N–H and O–H groups in total. The van der Waals surface area contributed by atoms with Gasteiger partial charge in [0.05, 0.1) is 22.8 Å². The van der Waals surface area contributed by atoms with E-state index in [-0.39, 0.29) is 17.8 Å². The van der Waals surface area contributed by atoms with Crippen LogP contribution in [0, 0.1) is 5.82 Å². The van der Waals surface area contributed by atoms with Gasteiger partial charge in [-0.3, -0.25) is 9.59 Å². The molecule has 0 unspecified atom stereocenters. The molecule has 0 saturated heterocycles. The third kappa shape index (κ3) is 5.68. The second-order valence-electron chi connectivity index (χ2n) is 5.59. The van der Waals surface area contributed by atoms with Crippen LogP contribution in [-0.2, 0) is 14.3 Å². The van der Waals surface area contributed by atoms with Crippen LogP contribution in [0.5, 0.6) is 0 Å². The van der Waals surface area contributed by atoms with Gasteiger partial charge >= 0.3 is 5.97 Å². The second kappa shape index (κ2) is 9.00. The smallest absolute Gasteiger partial charge is 0.340 e. The quantitative estimate of drug-likeness (QED) is 0.579. The summed E-state index contributed by atoms with van der Waals surface area (Å²) in [6, 6.07) is 9.86. The maximum Gasteiger partial charge on any atom is 0.340 e. The number of esters is 1. The Morgan fingerprint density at radius 3 is 2.59 bits per heavy atom. The van der Waals surface area contributed by atoms with Gasteiger partial charge in [0.15, 0.2) is 6.61 Å². The zero-order valence-electron chi connectivity index (χ0n) is 14.4. The minimum Gasteiger partial charge on any atom is -0.452 e. The Morgan fingerprint density at radius 1 is 1.22 bits per heavy atom. The molecule has 0 saturated carbocycles. The van der Waals surface area contributed by atoms with E-state index in [1.807, 2.05) is 0 Å². The zero-order valence-corrected chi connectivity index (χ0v) is 15.1. The first-order valence-corrected chi connectivity index (χ1v) is 8.16. The Balaban J connectivity index is 1.85. The average Bonchev–Trinajstić information content (AvgIpc) is 2.61. The van der Waals surface area contributed by atoms with Gasteiger partial charge in [-0.25, -0.2) is 9.18 Å². The molecular formula is C18H17ClFN3O4. The van der Waals surface area contributed by atoms with Crippen LogP contribution in [0.1, 0.15) is 10.4 Å². The summed E-state index contributed by atoms with van der Waals surface area (Å²) in [5.41, 5.74) is 5.81. The Hall–Kier alpha value is -3.13. The fourth-order valence-corrected chi connectivity index (χ4v) is 2.27. The first kappa shape index (κ1) is 20.2. The molecule has 0 aliphatic carbocycles. The molecule has 0 bridgehead atoms. The average molecular weight is 394 g/mol. The number of ether oxygens (including phenoxy) is 1. The van der Waals surface area contributed by atoms with Gasteiger partial charge in [0.1, 0.15) is 5.82 Å². The molecule has 0 radical (unpaired) electrons. The number of rotatable bonds is 6. The number of hydrogen-bond acceptors (Lipinski definition) is 5. The Labute approximate surface area is 159 Å². The van der Waals surface area contributed by atoms with Crippen molar-refractivity contribution in [2.75, 3.05) is 31.2 Å². The lowest BCUT2D eigenvalue weighted by molar-refractivity contribution is -0.136. The summed E-state index contributed by atoms with van der Waals surface area (Å²) in [7, 11) is 1.38. The lowest BCUT2D eigenvalue weighted by Crippen LogP contribution is -2.37. The number of para-hydroxylation sites is 1. The van der Waals surface area contributed by atoms with Crippen molar-refractivity contribution in [3.05, 3.63) is 58.9 Å². The molecule has 0 aromatic heterocycles. The summed E-state index contributed by atoms with van der Waals surface area (Å²) in [6.07, 6.45) is 0. The van der Waals surface area contributed by atoms with Gasteiger partial charge in [-0.05, 0) is 30.3 Å². The summed E-state index contributed by atoms with van der Waals surface area (Å²) < 4.78 is 17.9. The predicted octanol–water partition coefficient (Wildman–Crippen LogP) is 2.32. The summed E-state index contributed by atoms with van der Waals surface area (Å²) in [4.78, 5) is 37.0. The van der Waals surface area contributed by atoms with Gasteiger partial charge in [0.25, 0.3) is 5.91 Å². The molecule has 0 aliphatic rings. The molecule has 0 atom stereocenters. The van der Waals surface area contributed by atoms with Gasteiger partial charge in [-0.15, -0.1) is 0 Å². The van der Waals surface area contributed by atoms with Crippen molar-refractivity contribution < 1.29 is 23.5 Å². The number of nitrogens with one attached hydrogen (secondary N) is 1. The molecule has 0 heterocycles. The molecule has 142 valence electrons. The van der Waals surface area contributed by atoms with Crippen molar-refractivity contribution in [3.63, 3.8) is 0 Å². The zero-order chi connectivity index (χ0) is 20.0. The maximum absolute atomic E-state index is 13.0. The highest BCUT2D eigenvalue weighted by atomic mass is 35.5. The van der Waals surface area contributed by atoms with Crippen molar-refractivity contribution in [2.45, 2.75) is 0 Å². The SMILES string of the molecule is CN(CC(=O)Nc1ccccc1Cl)C(=O)COC(=O)c1ccc(F)cc1N. The number of hydrogen-bond donors (Lipinski definition) is 2. The molecule has 0 spiro atoms. The minimum atomic E-state index is -0.866. The van der Waals surface area contributed by atoms with Crippen LogP contribution in [-0.4, -0.2) is 42.9 Å². The van der Waals surface area contributed by atoms with E-state index in [1.165, 1.54) is 7.05 Å². The van der Waals surface area contributed by atoms with Gasteiger partial charge in [-0.1, -0.05) is 23.7 Å². The highest BCUT2D eigenvalue weighted by Crippen LogP contribution is 2.20. The maximum atomic E-state index is 13.0. The van der Waals surface area contributed by atoms with Gasteiger partial charge in [0.2, 0.25) is 5.91 Å². The highest BCUT2D eigenvalue weighted by molar-refractivity contribution is 6.33. The molecule has 0 fully saturated rings. The van der Waals surface area contributed by atoms with Crippen molar-refractivity contribution in [3.8, 4) is 0 Å². The number of amides is 2. The molecule has 0 aliphatic heterocycles. The molecular weight excluding hydrogens is 377 g/mol. The lowest BCUT2D eigenvalue weighted by Gasteiger charge is -2.17. The van der Waals surface area contributed by atoms with E-state index in [1.54, 1.807) is 24.3 Å². The fraction of sp³-hybridized carbons (Fsp3) is 0.167. The van der Waals surface area contributed by atoms with Gasteiger partial charge in [0, 0.05) is 12.7 Å². The van der Waals surface area contributed by atoms with E-state index >= 15 is 0 Å². The van der Waals surface area contributed by atoms with Gasteiger partial charge in [-0.2, -0.15) is 0 Å². The predicted molar refractivity (Wildman–Crippen MR) is 98.8 cm³/mol. The third-order valence-electron chi connectivity index (χ3n) is 3.51. The summed E-state index contributed by atoms with van der Waals surface area (Å²) in [5, 5.41) is 2.94. The van der Waals surface area contributed by atoms with Crippen LogP contribution in [0.15, 0.2) is 42.5 Å². The number of benzene rings is 2. The van der Waals surface area contributed by atoms with E-state index in [0.29, 0.717) is 10.7 Å². The number of nitrogens with two attached hydrogens (primary N) is 1. The van der Waals surface area contributed by atoms with E-state index in [9.17, 15) is 18.8 Å². The van der Waals surface area contributed by atoms with Crippen LogP contribution in [0.2, 0.25) is 5.02 Å². The van der Waals surface area contributed by atoms with E-state index in [0.717, 1.165) is 23.1 Å². The Morgan fingerprint density at radius 2 is 1.93 bits per heavy atom. The fourth-order valence-electron chi connectivity index (χ4n) is 2.09. The number of halogens is 2. The minimum absolute atomic E-state index is 0.0525. The van der Waals surface area contributed by atoms with Crippen LogP contribution in [0.3, 0.4) is 0 Å². The normalized spacial score (nSPS) is 10.2. The number of nitrogen functional groups attached to an aromatic ring is 1. The first-order valence-electron chi connectivity index (χ1n) is 7.78. The lowest BCUT2D eigenvalue weighted by atomic mass is 10.2. The standard InChI is InChI=1S/C18H17ClFN3O4/c1-23(9-16(24)22-15-5-3-2-4-13(15)19)17(25)10-27-18(26)12-7-6-11(20)8-14(12)21/h2-8H,9-10,21H2,1H3,(H,22,24). The summed E-state index contributed by atoms with van der Waals surface area (Å²) >= 11 is 5.95. The number of anilines is 2. The first-order chi connectivity index (χ1) is 12.8. The van der Waals surface area contributed by atoms with Crippen molar-refractivity contribution in [1.29, 1.82) is 0 Å². The van der Waals surface area contributed by atoms with Gasteiger partial charge < -0.3 is 20.7 Å².